The third-order valence-electron chi connectivity index (χ3n) is 5.66. The molecule has 0 unspecified atom stereocenters. The molecule has 0 saturated heterocycles. The number of benzene rings is 3. The van der Waals surface area contributed by atoms with Crippen LogP contribution in [0.2, 0.25) is 5.02 Å². The number of carbonyl (C=O) groups is 1. The van der Waals surface area contributed by atoms with Crippen LogP contribution in [-0.2, 0) is 17.6 Å². The lowest BCUT2D eigenvalue weighted by Gasteiger charge is -2.14. The maximum atomic E-state index is 13.7. The third kappa shape index (κ3) is 4.26. The Hall–Kier alpha value is -3.16. The minimum atomic E-state index is -0.578. The highest BCUT2D eigenvalue weighted by Gasteiger charge is 2.18. The molecule has 8 heteroatoms. The van der Waals surface area contributed by atoms with Gasteiger partial charge in [0.15, 0.2) is 5.16 Å². The Morgan fingerprint density at radius 2 is 1.97 bits per heavy atom. The van der Waals surface area contributed by atoms with Crippen LogP contribution < -0.4 is 10.9 Å². The number of amides is 1. The summed E-state index contributed by atoms with van der Waals surface area (Å²) in [7, 11) is 0. The normalized spacial score (nSPS) is 12.7. The second-order valence-electron chi connectivity index (χ2n) is 7.78. The Labute approximate surface area is 198 Å². The topological polar surface area (TPSA) is 64.0 Å². The van der Waals surface area contributed by atoms with E-state index in [1.54, 1.807) is 24.3 Å². The number of aryl methyl sites for hydroxylation is 1. The van der Waals surface area contributed by atoms with E-state index in [0.717, 1.165) is 36.7 Å². The lowest BCUT2D eigenvalue weighted by atomic mass is 10.1. The van der Waals surface area contributed by atoms with Crippen molar-refractivity contribution < 1.29 is 9.18 Å². The molecule has 5 nitrogen and oxygen atoms in total. The first-order valence-electron chi connectivity index (χ1n) is 10.5. The van der Waals surface area contributed by atoms with E-state index >= 15 is 0 Å². The Bertz CT molecular complexity index is 1450. The van der Waals surface area contributed by atoms with Gasteiger partial charge in [-0.1, -0.05) is 47.6 Å². The molecule has 0 bridgehead atoms. The first-order valence-corrected chi connectivity index (χ1v) is 11.9. The Balaban J connectivity index is 1.47. The monoisotopic (exact) mass is 479 g/mol. The number of nitrogens with zero attached hydrogens (tertiary/aromatic N) is 2. The van der Waals surface area contributed by atoms with Crippen LogP contribution in [0.25, 0.3) is 16.6 Å². The molecule has 0 saturated carbocycles. The number of hydrogen-bond donors (Lipinski definition) is 1. The zero-order valence-electron chi connectivity index (χ0n) is 17.5. The molecule has 3 aromatic carbocycles. The highest BCUT2D eigenvalue weighted by Crippen LogP contribution is 2.29. The van der Waals surface area contributed by atoms with Gasteiger partial charge in [0.1, 0.15) is 5.82 Å². The summed E-state index contributed by atoms with van der Waals surface area (Å²) in [5, 5.41) is 3.65. The van der Waals surface area contributed by atoms with Gasteiger partial charge in [0.25, 0.3) is 5.56 Å². The van der Waals surface area contributed by atoms with Crippen molar-refractivity contribution in [3.8, 4) is 5.69 Å². The molecule has 4 aromatic rings. The summed E-state index contributed by atoms with van der Waals surface area (Å²) in [6, 6.07) is 17.0. The highest BCUT2D eigenvalue weighted by molar-refractivity contribution is 7.99. The van der Waals surface area contributed by atoms with Crippen LogP contribution in [0, 0.1) is 5.82 Å². The predicted molar refractivity (Wildman–Crippen MR) is 130 cm³/mol. The summed E-state index contributed by atoms with van der Waals surface area (Å²) in [6.45, 7) is 0. The van der Waals surface area contributed by atoms with E-state index in [9.17, 15) is 14.0 Å². The fraction of sp³-hybridized carbons (Fsp3) is 0.160. The standard InChI is InChI=1S/C25H19ClFN3O2S/c26-19-13-16(11-12-20(19)27)30-24(32)18-7-1-2-9-22(18)29-25(30)33-14-23(31)28-21-10-4-6-15-5-3-8-17(15)21/h1-2,4,6-7,9-13H,3,5,8,14H2,(H,28,31). The molecule has 0 atom stereocenters. The zero-order valence-corrected chi connectivity index (χ0v) is 19.0. The molecule has 1 aromatic heterocycles. The number of hydrogen-bond acceptors (Lipinski definition) is 4. The lowest BCUT2D eigenvalue weighted by Crippen LogP contribution is -2.23. The summed E-state index contributed by atoms with van der Waals surface area (Å²) >= 11 is 7.11. The van der Waals surface area contributed by atoms with Gasteiger partial charge in [-0.05, 0) is 66.8 Å². The quantitative estimate of drug-likeness (QED) is 0.307. The Kier molecular flexibility index (Phi) is 5.91. The zero-order chi connectivity index (χ0) is 22.9. The summed E-state index contributed by atoms with van der Waals surface area (Å²) in [5.74, 6) is -0.707. The van der Waals surface area contributed by atoms with Crippen molar-refractivity contribution in [2.45, 2.75) is 24.4 Å². The first kappa shape index (κ1) is 21.7. The minimum Gasteiger partial charge on any atom is -0.325 e. The minimum absolute atomic E-state index is 0.0589. The number of fused-ring (bicyclic) bond motifs is 2. The van der Waals surface area contributed by atoms with Crippen LogP contribution >= 0.6 is 23.4 Å². The summed E-state index contributed by atoms with van der Waals surface area (Å²) in [4.78, 5) is 30.7. The number of nitrogens with one attached hydrogen (secondary N) is 1. The maximum absolute atomic E-state index is 13.7. The van der Waals surface area contributed by atoms with E-state index in [1.165, 1.54) is 33.9 Å². The molecular weight excluding hydrogens is 461 g/mol. The molecule has 1 aliphatic carbocycles. The number of halogens is 2. The van der Waals surface area contributed by atoms with Crippen LogP contribution in [0.15, 0.2) is 70.6 Å². The molecule has 166 valence electrons. The van der Waals surface area contributed by atoms with Gasteiger partial charge < -0.3 is 5.32 Å². The molecule has 1 heterocycles. The summed E-state index contributed by atoms with van der Waals surface area (Å²) < 4.78 is 15.1. The molecule has 1 N–H and O–H groups in total. The molecule has 1 aliphatic rings. The number of thioether (sulfide) groups is 1. The average molecular weight is 480 g/mol. The van der Waals surface area contributed by atoms with Crippen molar-refractivity contribution in [3.05, 3.63) is 93.0 Å². The van der Waals surface area contributed by atoms with Gasteiger partial charge in [0.2, 0.25) is 5.91 Å². The van der Waals surface area contributed by atoms with E-state index < -0.39 is 5.82 Å². The van der Waals surface area contributed by atoms with Crippen LogP contribution in [0.5, 0.6) is 0 Å². The average Bonchev–Trinajstić information content (AvgIpc) is 3.30. The molecule has 0 spiro atoms. The highest BCUT2D eigenvalue weighted by atomic mass is 35.5. The molecule has 0 aliphatic heterocycles. The predicted octanol–water partition coefficient (Wildman–Crippen LogP) is 5.40. The largest absolute Gasteiger partial charge is 0.325 e. The van der Waals surface area contributed by atoms with Crippen molar-refractivity contribution in [1.29, 1.82) is 0 Å². The first-order chi connectivity index (χ1) is 16.0. The third-order valence-corrected chi connectivity index (χ3v) is 6.89. The van der Waals surface area contributed by atoms with Gasteiger partial charge in [0.05, 0.1) is 27.4 Å². The number of anilines is 1. The van der Waals surface area contributed by atoms with Gasteiger partial charge in [0, 0.05) is 5.69 Å². The van der Waals surface area contributed by atoms with Crippen LogP contribution in [0.3, 0.4) is 0 Å². The number of rotatable bonds is 5. The van der Waals surface area contributed by atoms with Gasteiger partial charge in [-0.3, -0.25) is 14.2 Å². The van der Waals surface area contributed by atoms with Crippen molar-refractivity contribution in [2.24, 2.45) is 0 Å². The van der Waals surface area contributed by atoms with Crippen LogP contribution in [-0.4, -0.2) is 21.2 Å². The summed E-state index contributed by atoms with van der Waals surface area (Å²) in [6.07, 6.45) is 3.07. The van der Waals surface area contributed by atoms with Crippen LogP contribution in [0.1, 0.15) is 17.5 Å². The molecule has 33 heavy (non-hydrogen) atoms. The van der Waals surface area contributed by atoms with Gasteiger partial charge in [-0.15, -0.1) is 0 Å². The molecule has 1 amide bonds. The van der Waals surface area contributed by atoms with Crippen molar-refractivity contribution in [1.82, 2.24) is 9.55 Å². The second-order valence-corrected chi connectivity index (χ2v) is 9.13. The smallest absolute Gasteiger partial charge is 0.266 e. The fourth-order valence-corrected chi connectivity index (χ4v) is 5.10. The van der Waals surface area contributed by atoms with Crippen LogP contribution in [0.4, 0.5) is 10.1 Å². The van der Waals surface area contributed by atoms with E-state index in [1.807, 2.05) is 12.1 Å². The Morgan fingerprint density at radius 1 is 1.12 bits per heavy atom. The maximum Gasteiger partial charge on any atom is 0.266 e. The molecule has 5 rings (SSSR count). The summed E-state index contributed by atoms with van der Waals surface area (Å²) in [5.41, 5.74) is 3.90. The van der Waals surface area contributed by atoms with Gasteiger partial charge in [-0.25, -0.2) is 9.37 Å². The van der Waals surface area contributed by atoms with E-state index in [2.05, 4.69) is 16.4 Å². The molecule has 0 fully saturated rings. The molecular formula is C25H19ClFN3O2S. The van der Waals surface area contributed by atoms with Crippen molar-refractivity contribution in [3.63, 3.8) is 0 Å². The van der Waals surface area contributed by atoms with Crippen molar-refractivity contribution >= 4 is 45.9 Å². The van der Waals surface area contributed by atoms with E-state index in [0.29, 0.717) is 21.7 Å². The van der Waals surface area contributed by atoms with E-state index in [4.69, 9.17) is 11.6 Å². The number of carbonyl (C=O) groups excluding carboxylic acids is 1. The Morgan fingerprint density at radius 3 is 2.82 bits per heavy atom. The number of para-hydroxylation sites is 1. The number of aromatic nitrogens is 2. The van der Waals surface area contributed by atoms with Gasteiger partial charge >= 0.3 is 0 Å². The van der Waals surface area contributed by atoms with Crippen molar-refractivity contribution in [2.75, 3.05) is 11.1 Å². The SMILES string of the molecule is O=C(CSc1nc2ccccc2c(=O)n1-c1ccc(F)c(Cl)c1)Nc1cccc2c1CCC2. The van der Waals surface area contributed by atoms with E-state index in [-0.39, 0.29) is 22.2 Å². The fourth-order valence-electron chi connectivity index (χ4n) is 4.11. The van der Waals surface area contributed by atoms with Gasteiger partial charge in [-0.2, -0.15) is 0 Å². The lowest BCUT2D eigenvalue weighted by molar-refractivity contribution is -0.113. The second kappa shape index (κ2) is 9.00. The molecule has 0 radical (unpaired) electrons.